The summed E-state index contributed by atoms with van der Waals surface area (Å²) < 4.78 is 10.8. The molecule has 0 bridgehead atoms. The Bertz CT molecular complexity index is 365. The van der Waals surface area contributed by atoms with Gasteiger partial charge < -0.3 is 9.47 Å². The highest BCUT2D eigenvalue weighted by atomic mass is 35.5. The summed E-state index contributed by atoms with van der Waals surface area (Å²) in [4.78, 5) is 8.42. The van der Waals surface area contributed by atoms with Gasteiger partial charge in [0, 0.05) is 6.42 Å². The molecule has 0 amide bonds. The van der Waals surface area contributed by atoms with E-state index in [1.807, 2.05) is 13.8 Å². The summed E-state index contributed by atoms with van der Waals surface area (Å²) in [6, 6.07) is 0. The highest BCUT2D eigenvalue weighted by molar-refractivity contribution is 6.30. The van der Waals surface area contributed by atoms with Gasteiger partial charge in [0.1, 0.15) is 6.10 Å². The molecule has 2 rings (SSSR count). The number of rotatable bonds is 2. The molecule has 1 aromatic rings. The van der Waals surface area contributed by atoms with E-state index in [0.29, 0.717) is 17.6 Å². The van der Waals surface area contributed by atoms with Crippen molar-refractivity contribution in [2.45, 2.75) is 26.4 Å². The third-order valence-electron chi connectivity index (χ3n) is 2.40. The molecule has 15 heavy (non-hydrogen) atoms. The van der Waals surface area contributed by atoms with Crippen LogP contribution in [-0.2, 0) is 4.74 Å². The van der Waals surface area contributed by atoms with E-state index in [0.717, 1.165) is 24.4 Å². The molecule has 0 aliphatic carbocycles. The fraction of sp³-hybridized carbons (Fsp3) is 0.600. The average molecular weight is 229 g/mol. The van der Waals surface area contributed by atoms with E-state index in [2.05, 4.69) is 9.97 Å². The van der Waals surface area contributed by atoms with E-state index in [1.165, 1.54) is 0 Å². The molecule has 1 saturated heterocycles. The van der Waals surface area contributed by atoms with Gasteiger partial charge in [-0.05, 0) is 13.8 Å². The zero-order chi connectivity index (χ0) is 10.8. The first-order valence-electron chi connectivity index (χ1n) is 4.92. The Kier molecular flexibility index (Phi) is 3.07. The van der Waals surface area contributed by atoms with E-state index < -0.39 is 0 Å². The minimum absolute atomic E-state index is 0.0545. The van der Waals surface area contributed by atoms with Crippen LogP contribution in [0.25, 0.3) is 0 Å². The molecule has 1 aliphatic heterocycles. The monoisotopic (exact) mass is 228 g/mol. The zero-order valence-electron chi connectivity index (χ0n) is 8.79. The largest absolute Gasteiger partial charge is 0.470 e. The summed E-state index contributed by atoms with van der Waals surface area (Å²) in [6.07, 6.45) is 0.934. The molecular formula is C10H13ClN2O2. The highest BCUT2D eigenvalue weighted by Gasteiger charge is 2.20. The number of ether oxygens (including phenoxy) is 2. The Morgan fingerprint density at radius 3 is 2.73 bits per heavy atom. The lowest BCUT2D eigenvalue weighted by Gasteiger charge is -2.12. The first-order chi connectivity index (χ1) is 7.16. The summed E-state index contributed by atoms with van der Waals surface area (Å²) in [5, 5.41) is 0.324. The Morgan fingerprint density at radius 1 is 1.33 bits per heavy atom. The van der Waals surface area contributed by atoms with Gasteiger partial charge in [-0.3, -0.25) is 0 Å². The molecule has 0 saturated carbocycles. The Hall–Kier alpha value is -0.870. The third kappa shape index (κ3) is 2.38. The van der Waals surface area contributed by atoms with E-state index in [4.69, 9.17) is 21.1 Å². The maximum absolute atomic E-state index is 5.94. The van der Waals surface area contributed by atoms with Gasteiger partial charge in [0.25, 0.3) is 5.88 Å². The van der Waals surface area contributed by atoms with Crippen LogP contribution < -0.4 is 4.74 Å². The van der Waals surface area contributed by atoms with Crippen LogP contribution in [0.5, 0.6) is 5.88 Å². The van der Waals surface area contributed by atoms with Gasteiger partial charge in [-0.1, -0.05) is 11.6 Å². The standard InChI is InChI=1S/C10H13ClN2O2/c1-6-7(2)13-10(9(11)12-6)15-8-3-4-14-5-8/h8H,3-5H2,1-2H3. The fourth-order valence-corrected chi connectivity index (χ4v) is 1.61. The Morgan fingerprint density at radius 2 is 2.07 bits per heavy atom. The van der Waals surface area contributed by atoms with E-state index in [1.54, 1.807) is 0 Å². The van der Waals surface area contributed by atoms with Crippen molar-refractivity contribution < 1.29 is 9.47 Å². The second-order valence-electron chi connectivity index (χ2n) is 3.59. The van der Waals surface area contributed by atoms with Crippen LogP contribution in [0.3, 0.4) is 0 Å². The van der Waals surface area contributed by atoms with Gasteiger partial charge in [-0.2, -0.15) is 0 Å². The van der Waals surface area contributed by atoms with Crippen molar-refractivity contribution in [3.8, 4) is 5.88 Å². The molecule has 5 heteroatoms. The minimum Gasteiger partial charge on any atom is -0.470 e. The van der Waals surface area contributed by atoms with E-state index in [9.17, 15) is 0 Å². The summed E-state index contributed by atoms with van der Waals surface area (Å²) >= 11 is 5.94. The Labute approximate surface area is 93.6 Å². The molecule has 0 aromatic carbocycles. The van der Waals surface area contributed by atoms with Crippen LogP contribution in [0.2, 0.25) is 5.15 Å². The van der Waals surface area contributed by atoms with Crippen LogP contribution >= 0.6 is 11.6 Å². The summed E-state index contributed by atoms with van der Waals surface area (Å²) in [7, 11) is 0. The van der Waals surface area contributed by atoms with Crippen LogP contribution in [0.15, 0.2) is 0 Å². The smallest absolute Gasteiger partial charge is 0.252 e. The normalized spacial score (nSPS) is 20.6. The molecule has 1 aromatic heterocycles. The molecule has 82 valence electrons. The second kappa shape index (κ2) is 4.33. The number of hydrogen-bond donors (Lipinski definition) is 0. The van der Waals surface area contributed by atoms with Crippen molar-refractivity contribution in [3.05, 3.63) is 16.5 Å². The summed E-state index contributed by atoms with van der Waals surface area (Å²) in [6.45, 7) is 5.10. The van der Waals surface area contributed by atoms with Gasteiger partial charge in [0.05, 0.1) is 24.6 Å². The molecule has 2 heterocycles. The predicted molar refractivity (Wildman–Crippen MR) is 56.4 cm³/mol. The van der Waals surface area contributed by atoms with E-state index >= 15 is 0 Å². The number of aryl methyl sites for hydroxylation is 2. The first kappa shape index (κ1) is 10.6. The van der Waals surface area contributed by atoms with Crippen LogP contribution in [0, 0.1) is 13.8 Å². The molecular weight excluding hydrogens is 216 g/mol. The molecule has 0 N–H and O–H groups in total. The van der Waals surface area contributed by atoms with Crippen molar-refractivity contribution in [2.75, 3.05) is 13.2 Å². The molecule has 4 nitrogen and oxygen atoms in total. The fourth-order valence-electron chi connectivity index (χ4n) is 1.39. The van der Waals surface area contributed by atoms with Crippen molar-refractivity contribution >= 4 is 11.6 Å². The maximum Gasteiger partial charge on any atom is 0.252 e. The topological polar surface area (TPSA) is 44.2 Å². The number of hydrogen-bond acceptors (Lipinski definition) is 4. The van der Waals surface area contributed by atoms with Crippen LogP contribution in [0.1, 0.15) is 17.8 Å². The molecule has 1 unspecified atom stereocenters. The van der Waals surface area contributed by atoms with Gasteiger partial charge in [0.15, 0.2) is 5.15 Å². The summed E-state index contributed by atoms with van der Waals surface area (Å²) in [5.41, 5.74) is 1.67. The van der Waals surface area contributed by atoms with Crippen molar-refractivity contribution in [3.63, 3.8) is 0 Å². The number of nitrogens with zero attached hydrogens (tertiary/aromatic N) is 2. The average Bonchev–Trinajstić information content (AvgIpc) is 2.67. The maximum atomic E-state index is 5.94. The van der Waals surface area contributed by atoms with Gasteiger partial charge in [-0.15, -0.1) is 0 Å². The lowest BCUT2D eigenvalue weighted by Crippen LogP contribution is -2.17. The van der Waals surface area contributed by atoms with Crippen LogP contribution in [-0.4, -0.2) is 29.3 Å². The number of aromatic nitrogens is 2. The summed E-state index contributed by atoms with van der Waals surface area (Å²) in [5.74, 6) is 0.412. The minimum atomic E-state index is 0.0545. The molecule has 0 radical (unpaired) electrons. The third-order valence-corrected chi connectivity index (χ3v) is 2.65. The molecule has 1 atom stereocenters. The van der Waals surface area contributed by atoms with Crippen molar-refractivity contribution in [2.24, 2.45) is 0 Å². The van der Waals surface area contributed by atoms with Gasteiger partial charge in [-0.25, -0.2) is 9.97 Å². The van der Waals surface area contributed by atoms with Crippen molar-refractivity contribution in [1.82, 2.24) is 9.97 Å². The molecule has 1 aliphatic rings. The van der Waals surface area contributed by atoms with Crippen molar-refractivity contribution in [1.29, 1.82) is 0 Å². The Balaban J connectivity index is 2.16. The highest BCUT2D eigenvalue weighted by Crippen LogP contribution is 2.23. The van der Waals surface area contributed by atoms with Crippen LogP contribution in [0.4, 0.5) is 0 Å². The number of halogens is 1. The SMILES string of the molecule is Cc1nc(Cl)c(OC2CCOC2)nc1C. The van der Waals surface area contributed by atoms with Gasteiger partial charge >= 0.3 is 0 Å². The lowest BCUT2D eigenvalue weighted by molar-refractivity contribution is 0.137. The lowest BCUT2D eigenvalue weighted by atomic mass is 10.3. The quantitative estimate of drug-likeness (QED) is 0.776. The second-order valence-corrected chi connectivity index (χ2v) is 3.95. The predicted octanol–water partition coefficient (Wildman–Crippen LogP) is 1.91. The van der Waals surface area contributed by atoms with Gasteiger partial charge in [0.2, 0.25) is 0 Å². The molecule has 1 fully saturated rings. The first-order valence-corrected chi connectivity index (χ1v) is 5.30. The van der Waals surface area contributed by atoms with E-state index in [-0.39, 0.29) is 6.10 Å². The molecule has 0 spiro atoms. The zero-order valence-corrected chi connectivity index (χ0v) is 9.54.